The van der Waals surface area contributed by atoms with Crippen LogP contribution in [0.1, 0.15) is 25.5 Å². The summed E-state index contributed by atoms with van der Waals surface area (Å²) in [5.74, 6) is 0.171. The third kappa shape index (κ3) is 4.00. The molecule has 0 bridgehead atoms. The molecule has 0 aromatic carbocycles. The molecule has 0 atom stereocenters. The lowest BCUT2D eigenvalue weighted by atomic mass is 10.2. The Morgan fingerprint density at radius 1 is 1.42 bits per heavy atom. The maximum atomic E-state index is 11.1. The maximum Gasteiger partial charge on any atom is 0.332 e. The molecule has 0 saturated carbocycles. The summed E-state index contributed by atoms with van der Waals surface area (Å²) in [7, 11) is 0. The van der Waals surface area contributed by atoms with E-state index in [0.717, 1.165) is 12.8 Å². The fourth-order valence-electron chi connectivity index (χ4n) is 1.75. The van der Waals surface area contributed by atoms with Crippen molar-refractivity contribution < 1.29 is 10.0 Å². The highest BCUT2D eigenvalue weighted by atomic mass is 35.5. The Labute approximate surface area is 116 Å². The van der Waals surface area contributed by atoms with Gasteiger partial charge in [-0.1, -0.05) is 13.3 Å². The second-order valence-electron chi connectivity index (χ2n) is 4.07. The second kappa shape index (κ2) is 7.20. The first kappa shape index (κ1) is 15.6. The maximum absolute atomic E-state index is 11.1. The van der Waals surface area contributed by atoms with Crippen LogP contribution in [0.3, 0.4) is 0 Å². The lowest BCUT2D eigenvalue weighted by Gasteiger charge is -2.22. The van der Waals surface area contributed by atoms with Gasteiger partial charge in [0.2, 0.25) is 11.1 Å². The summed E-state index contributed by atoms with van der Waals surface area (Å²) in [6.45, 7) is 4.27. The van der Waals surface area contributed by atoms with Crippen molar-refractivity contribution in [2.45, 2.75) is 26.7 Å². The minimum atomic E-state index is -0.517. The van der Waals surface area contributed by atoms with Gasteiger partial charge in [0.25, 0.3) is 0 Å². The van der Waals surface area contributed by atoms with E-state index in [9.17, 15) is 10.1 Å². The largest absolute Gasteiger partial charge is 0.395 e. The molecule has 8 heteroatoms. The Morgan fingerprint density at radius 2 is 2.11 bits per heavy atom. The van der Waals surface area contributed by atoms with Crippen molar-refractivity contribution in [3.05, 3.63) is 21.1 Å². The average Bonchev–Trinajstić information content (AvgIpc) is 2.32. The summed E-state index contributed by atoms with van der Waals surface area (Å²) in [5, 5.41) is 20.2. The lowest BCUT2D eigenvalue weighted by molar-refractivity contribution is -0.385. The predicted octanol–water partition coefficient (Wildman–Crippen LogP) is 1.95. The predicted molar refractivity (Wildman–Crippen MR) is 72.6 cm³/mol. The summed E-state index contributed by atoms with van der Waals surface area (Å²) in [6, 6.07) is 0. The number of unbranched alkanes of at least 4 members (excludes halogenated alkanes) is 1. The van der Waals surface area contributed by atoms with E-state index in [0.29, 0.717) is 6.54 Å². The normalized spacial score (nSPS) is 10.5. The molecule has 1 N–H and O–H groups in total. The fraction of sp³-hybridized carbons (Fsp3) is 0.636. The zero-order valence-electron chi connectivity index (χ0n) is 11.0. The van der Waals surface area contributed by atoms with E-state index in [-0.39, 0.29) is 35.6 Å². The van der Waals surface area contributed by atoms with Gasteiger partial charge in [0.1, 0.15) is 5.69 Å². The van der Waals surface area contributed by atoms with Crippen LogP contribution in [0.25, 0.3) is 0 Å². The van der Waals surface area contributed by atoms with Crippen molar-refractivity contribution in [3.8, 4) is 0 Å². The Morgan fingerprint density at radius 3 is 2.63 bits per heavy atom. The van der Waals surface area contributed by atoms with Gasteiger partial charge in [0.15, 0.2) is 0 Å². The summed E-state index contributed by atoms with van der Waals surface area (Å²) in [5.41, 5.74) is 0.0633. The number of nitrogens with zero attached hydrogens (tertiary/aromatic N) is 4. The first-order valence-corrected chi connectivity index (χ1v) is 6.43. The van der Waals surface area contributed by atoms with Crippen molar-refractivity contribution in [2.75, 3.05) is 24.6 Å². The van der Waals surface area contributed by atoms with Crippen LogP contribution in [0.15, 0.2) is 0 Å². The van der Waals surface area contributed by atoms with Crippen LogP contribution in [0.2, 0.25) is 5.28 Å². The first-order valence-electron chi connectivity index (χ1n) is 6.05. The number of hydrogen-bond donors (Lipinski definition) is 1. The Bertz CT molecular complexity index is 456. The quantitative estimate of drug-likeness (QED) is 0.468. The smallest absolute Gasteiger partial charge is 0.332 e. The monoisotopic (exact) mass is 288 g/mol. The number of aromatic nitrogens is 2. The highest BCUT2D eigenvalue weighted by Gasteiger charge is 2.25. The molecule has 0 aliphatic carbocycles. The molecule has 1 rings (SSSR count). The van der Waals surface area contributed by atoms with E-state index < -0.39 is 4.92 Å². The van der Waals surface area contributed by atoms with Gasteiger partial charge < -0.3 is 10.0 Å². The molecule has 7 nitrogen and oxygen atoms in total. The molecule has 0 amide bonds. The average molecular weight is 289 g/mol. The molecular weight excluding hydrogens is 272 g/mol. The van der Waals surface area contributed by atoms with E-state index in [1.807, 2.05) is 6.92 Å². The number of aryl methyl sites for hydroxylation is 1. The number of halogens is 1. The molecule has 1 aromatic heterocycles. The molecular formula is C11H17ClN4O3. The van der Waals surface area contributed by atoms with Gasteiger partial charge in [-0.05, 0) is 24.9 Å². The molecule has 0 saturated heterocycles. The van der Waals surface area contributed by atoms with Gasteiger partial charge in [-0.15, -0.1) is 0 Å². The van der Waals surface area contributed by atoms with E-state index in [2.05, 4.69) is 9.97 Å². The Balaban J connectivity index is 3.22. The Kier molecular flexibility index (Phi) is 5.91. The molecule has 106 valence electrons. The van der Waals surface area contributed by atoms with Gasteiger partial charge in [-0.2, -0.15) is 4.98 Å². The number of aliphatic hydroxyl groups is 1. The zero-order valence-corrected chi connectivity index (χ0v) is 11.7. The van der Waals surface area contributed by atoms with Crippen LogP contribution in [-0.2, 0) is 0 Å². The summed E-state index contributed by atoms with van der Waals surface area (Å²) < 4.78 is 0. The topological polar surface area (TPSA) is 92.4 Å². The van der Waals surface area contributed by atoms with Crippen LogP contribution in [0.5, 0.6) is 0 Å². The summed E-state index contributed by atoms with van der Waals surface area (Å²) in [6.07, 6.45) is 1.78. The molecule has 0 spiro atoms. The van der Waals surface area contributed by atoms with Gasteiger partial charge in [0, 0.05) is 13.1 Å². The molecule has 0 aliphatic rings. The van der Waals surface area contributed by atoms with Gasteiger partial charge in [0.05, 0.1) is 11.5 Å². The standard InChI is InChI=1S/C11H17ClN4O3/c1-3-4-5-15(6-7-17)10-9(16(18)19)8(2)13-11(12)14-10/h17H,3-7H2,1-2H3. The number of anilines is 1. The van der Waals surface area contributed by atoms with Crippen molar-refractivity contribution >= 4 is 23.1 Å². The van der Waals surface area contributed by atoms with Crippen LogP contribution in [0.4, 0.5) is 11.5 Å². The van der Waals surface area contributed by atoms with Crippen molar-refractivity contribution in [1.29, 1.82) is 0 Å². The molecule has 1 heterocycles. The SMILES string of the molecule is CCCCN(CCO)c1nc(Cl)nc(C)c1[N+](=O)[O-]. The molecule has 0 fully saturated rings. The van der Waals surface area contributed by atoms with E-state index in [1.165, 1.54) is 6.92 Å². The number of rotatable bonds is 7. The van der Waals surface area contributed by atoms with Crippen molar-refractivity contribution in [3.63, 3.8) is 0 Å². The fourth-order valence-corrected chi connectivity index (χ4v) is 1.95. The van der Waals surface area contributed by atoms with Crippen LogP contribution in [-0.4, -0.2) is 39.7 Å². The van der Waals surface area contributed by atoms with E-state index in [1.54, 1.807) is 4.90 Å². The highest BCUT2D eigenvalue weighted by molar-refractivity contribution is 6.28. The van der Waals surface area contributed by atoms with Crippen LogP contribution >= 0.6 is 11.6 Å². The molecule has 0 radical (unpaired) electrons. The van der Waals surface area contributed by atoms with Crippen LogP contribution in [0, 0.1) is 17.0 Å². The number of nitro groups is 1. The van der Waals surface area contributed by atoms with Crippen molar-refractivity contribution in [1.82, 2.24) is 9.97 Å². The molecule has 0 aliphatic heterocycles. The minimum Gasteiger partial charge on any atom is -0.395 e. The van der Waals surface area contributed by atoms with E-state index in [4.69, 9.17) is 16.7 Å². The second-order valence-corrected chi connectivity index (χ2v) is 4.41. The summed E-state index contributed by atoms with van der Waals surface area (Å²) >= 11 is 5.77. The molecule has 0 unspecified atom stereocenters. The van der Waals surface area contributed by atoms with Crippen molar-refractivity contribution in [2.24, 2.45) is 0 Å². The minimum absolute atomic E-state index is 0.0301. The first-order chi connectivity index (χ1) is 9.01. The third-order valence-electron chi connectivity index (χ3n) is 2.65. The zero-order chi connectivity index (χ0) is 14.4. The number of hydrogen-bond acceptors (Lipinski definition) is 6. The van der Waals surface area contributed by atoms with Crippen LogP contribution < -0.4 is 4.90 Å². The highest BCUT2D eigenvalue weighted by Crippen LogP contribution is 2.29. The van der Waals surface area contributed by atoms with Gasteiger partial charge in [-0.25, -0.2) is 4.98 Å². The third-order valence-corrected chi connectivity index (χ3v) is 2.82. The molecule has 19 heavy (non-hydrogen) atoms. The van der Waals surface area contributed by atoms with Gasteiger partial charge in [-0.3, -0.25) is 10.1 Å². The number of aliphatic hydroxyl groups excluding tert-OH is 1. The summed E-state index contributed by atoms with van der Waals surface area (Å²) in [4.78, 5) is 20.0. The van der Waals surface area contributed by atoms with E-state index >= 15 is 0 Å². The molecule has 1 aromatic rings. The Hall–Kier alpha value is -1.47. The lowest BCUT2D eigenvalue weighted by Crippen LogP contribution is -2.29. The van der Waals surface area contributed by atoms with Gasteiger partial charge >= 0.3 is 5.69 Å².